The molecule has 0 saturated carbocycles. The Labute approximate surface area is 160 Å². The Bertz CT molecular complexity index is 1020. The maximum absolute atomic E-state index is 13.4. The van der Waals surface area contributed by atoms with Crippen LogP contribution in [-0.2, 0) is 17.9 Å². The van der Waals surface area contributed by atoms with Gasteiger partial charge in [0, 0.05) is 6.20 Å². The third-order valence-electron chi connectivity index (χ3n) is 4.33. The number of anilines is 1. The zero-order valence-corrected chi connectivity index (χ0v) is 15.5. The summed E-state index contributed by atoms with van der Waals surface area (Å²) in [5, 5.41) is 20.1. The summed E-state index contributed by atoms with van der Waals surface area (Å²) >= 11 is 0. The molecule has 1 amide bonds. The first-order chi connectivity index (χ1) is 13.3. The summed E-state index contributed by atoms with van der Waals surface area (Å²) < 4.78 is 16.5. The monoisotopic (exact) mass is 385 g/mol. The number of rotatable bonds is 7. The van der Waals surface area contributed by atoms with Gasteiger partial charge in [-0.3, -0.25) is 19.0 Å². The highest BCUT2D eigenvalue weighted by molar-refractivity contribution is 6.03. The van der Waals surface area contributed by atoms with Gasteiger partial charge >= 0.3 is 5.97 Å². The van der Waals surface area contributed by atoms with E-state index in [0.717, 1.165) is 11.3 Å². The molecule has 146 valence electrons. The molecule has 2 heterocycles. The van der Waals surface area contributed by atoms with E-state index in [1.165, 1.54) is 29.1 Å². The molecule has 0 fully saturated rings. The van der Waals surface area contributed by atoms with Crippen molar-refractivity contribution in [3.8, 4) is 0 Å². The number of nitrogens with zero attached hydrogens (tertiary/aromatic N) is 4. The van der Waals surface area contributed by atoms with Crippen LogP contribution in [0, 0.1) is 19.7 Å². The van der Waals surface area contributed by atoms with Gasteiger partial charge in [-0.25, -0.2) is 4.39 Å². The van der Waals surface area contributed by atoms with E-state index in [9.17, 15) is 14.0 Å². The Morgan fingerprint density at radius 3 is 2.71 bits per heavy atom. The summed E-state index contributed by atoms with van der Waals surface area (Å²) in [6, 6.07) is 7.79. The van der Waals surface area contributed by atoms with Gasteiger partial charge in [-0.05, 0) is 37.6 Å². The van der Waals surface area contributed by atoms with Crippen LogP contribution in [0.3, 0.4) is 0 Å². The van der Waals surface area contributed by atoms with Crippen molar-refractivity contribution >= 4 is 17.6 Å². The van der Waals surface area contributed by atoms with E-state index in [-0.39, 0.29) is 24.5 Å². The number of aliphatic carboxylic acids is 1. The summed E-state index contributed by atoms with van der Waals surface area (Å²) in [6.07, 6.45) is 1.31. The first-order valence-corrected chi connectivity index (χ1v) is 8.68. The number of nitrogens with one attached hydrogen (secondary N) is 1. The van der Waals surface area contributed by atoms with Gasteiger partial charge in [0.1, 0.15) is 11.5 Å². The number of aromatic nitrogens is 4. The molecule has 28 heavy (non-hydrogen) atoms. The third-order valence-corrected chi connectivity index (χ3v) is 4.33. The van der Waals surface area contributed by atoms with Gasteiger partial charge in [0.05, 0.1) is 36.6 Å². The molecule has 9 heteroatoms. The smallest absolute Gasteiger partial charge is 0.305 e. The predicted octanol–water partition coefficient (Wildman–Crippen LogP) is 2.61. The van der Waals surface area contributed by atoms with Crippen LogP contribution in [0.4, 0.5) is 10.1 Å². The maximum Gasteiger partial charge on any atom is 0.305 e. The first-order valence-electron chi connectivity index (χ1n) is 8.68. The summed E-state index contributed by atoms with van der Waals surface area (Å²) in [6.45, 7) is 4.06. The quantitative estimate of drug-likeness (QED) is 0.651. The molecule has 0 aliphatic heterocycles. The van der Waals surface area contributed by atoms with E-state index >= 15 is 0 Å². The molecular formula is C19H20FN5O3. The van der Waals surface area contributed by atoms with E-state index in [1.807, 2.05) is 6.92 Å². The fourth-order valence-corrected chi connectivity index (χ4v) is 2.92. The first kappa shape index (κ1) is 19.3. The molecule has 0 atom stereocenters. The van der Waals surface area contributed by atoms with Crippen molar-refractivity contribution in [1.29, 1.82) is 0 Å². The molecule has 0 unspecified atom stereocenters. The Morgan fingerprint density at radius 2 is 2.00 bits per heavy atom. The van der Waals surface area contributed by atoms with E-state index in [2.05, 4.69) is 15.5 Å². The van der Waals surface area contributed by atoms with Crippen LogP contribution in [0.5, 0.6) is 0 Å². The Hall–Kier alpha value is -3.49. The molecule has 3 rings (SSSR count). The zero-order chi connectivity index (χ0) is 20.3. The van der Waals surface area contributed by atoms with Gasteiger partial charge in [-0.1, -0.05) is 12.1 Å². The summed E-state index contributed by atoms with van der Waals surface area (Å²) in [4.78, 5) is 23.4. The number of carboxylic acids is 1. The second-order valence-corrected chi connectivity index (χ2v) is 6.37. The van der Waals surface area contributed by atoms with Gasteiger partial charge in [0.2, 0.25) is 0 Å². The van der Waals surface area contributed by atoms with E-state index in [4.69, 9.17) is 5.11 Å². The lowest BCUT2D eigenvalue weighted by Gasteiger charge is -2.09. The van der Waals surface area contributed by atoms with Crippen LogP contribution in [0.1, 0.15) is 33.9 Å². The summed E-state index contributed by atoms with van der Waals surface area (Å²) in [7, 11) is 0. The minimum absolute atomic E-state index is 0.0991. The SMILES string of the molecule is Cc1nn(Cc2cccc(F)c2)c(C)c1NC(=O)c1ccnn1CCC(=O)O. The lowest BCUT2D eigenvalue weighted by Crippen LogP contribution is -2.19. The largest absolute Gasteiger partial charge is 0.481 e. The van der Waals surface area contributed by atoms with Gasteiger partial charge in [-0.2, -0.15) is 10.2 Å². The van der Waals surface area contributed by atoms with Crippen LogP contribution in [-0.4, -0.2) is 36.5 Å². The Kier molecular flexibility index (Phi) is 5.53. The molecule has 2 aromatic heterocycles. The Balaban J connectivity index is 1.78. The zero-order valence-electron chi connectivity index (χ0n) is 15.5. The van der Waals surface area contributed by atoms with Gasteiger partial charge < -0.3 is 10.4 Å². The highest BCUT2D eigenvalue weighted by atomic mass is 19.1. The lowest BCUT2D eigenvalue weighted by atomic mass is 10.2. The predicted molar refractivity (Wildman–Crippen MR) is 99.6 cm³/mol. The number of carboxylic acid groups (broad SMARTS) is 1. The van der Waals surface area contributed by atoms with Crippen molar-refractivity contribution in [3.05, 3.63) is 65.0 Å². The second-order valence-electron chi connectivity index (χ2n) is 6.37. The highest BCUT2D eigenvalue weighted by Crippen LogP contribution is 2.21. The lowest BCUT2D eigenvalue weighted by molar-refractivity contribution is -0.137. The molecule has 1 aromatic carbocycles. The van der Waals surface area contributed by atoms with Gasteiger partial charge in [-0.15, -0.1) is 0 Å². The van der Waals surface area contributed by atoms with Crippen molar-refractivity contribution in [1.82, 2.24) is 19.6 Å². The van der Waals surface area contributed by atoms with E-state index < -0.39 is 11.9 Å². The van der Waals surface area contributed by atoms with Crippen LogP contribution in [0.2, 0.25) is 0 Å². The van der Waals surface area contributed by atoms with Crippen LogP contribution in [0.15, 0.2) is 36.5 Å². The number of hydrogen-bond donors (Lipinski definition) is 2. The molecule has 0 aliphatic carbocycles. The summed E-state index contributed by atoms with van der Waals surface area (Å²) in [5.74, 6) is -1.69. The number of halogens is 1. The molecule has 0 saturated heterocycles. The van der Waals surface area contributed by atoms with Crippen molar-refractivity contribution in [2.45, 2.75) is 33.4 Å². The molecule has 8 nitrogen and oxygen atoms in total. The molecular weight excluding hydrogens is 365 g/mol. The number of carbonyl (C=O) groups is 2. The molecule has 3 aromatic rings. The van der Waals surface area contributed by atoms with Crippen molar-refractivity contribution in [3.63, 3.8) is 0 Å². The topological polar surface area (TPSA) is 102 Å². The number of amides is 1. The van der Waals surface area contributed by atoms with Crippen LogP contribution < -0.4 is 5.32 Å². The maximum atomic E-state index is 13.4. The van der Waals surface area contributed by atoms with Gasteiger partial charge in [0.25, 0.3) is 5.91 Å². The standard InChI is InChI=1S/C19H20FN5O3/c1-12-18(13(2)25(23-12)11-14-4-3-5-15(20)10-14)22-19(28)16-6-8-21-24(16)9-7-17(26)27/h3-6,8,10H,7,9,11H2,1-2H3,(H,22,28)(H,26,27). The van der Waals surface area contributed by atoms with Crippen molar-refractivity contribution in [2.24, 2.45) is 0 Å². The number of hydrogen-bond acceptors (Lipinski definition) is 4. The second kappa shape index (κ2) is 8.03. The average molecular weight is 385 g/mol. The van der Waals surface area contributed by atoms with Crippen LogP contribution >= 0.6 is 0 Å². The third kappa shape index (κ3) is 4.25. The van der Waals surface area contributed by atoms with Crippen molar-refractivity contribution in [2.75, 3.05) is 5.32 Å². The molecule has 0 spiro atoms. The molecule has 0 radical (unpaired) electrons. The Morgan fingerprint density at radius 1 is 1.21 bits per heavy atom. The fraction of sp³-hybridized carbons (Fsp3) is 0.263. The number of carbonyl (C=O) groups excluding carboxylic acids is 1. The number of benzene rings is 1. The summed E-state index contributed by atoms with van der Waals surface area (Å²) in [5.41, 5.74) is 2.94. The molecule has 0 bridgehead atoms. The van der Waals surface area contributed by atoms with E-state index in [1.54, 1.807) is 23.7 Å². The van der Waals surface area contributed by atoms with E-state index in [0.29, 0.717) is 17.9 Å². The average Bonchev–Trinajstić information content (AvgIpc) is 3.20. The normalized spacial score (nSPS) is 10.8. The molecule has 0 aliphatic rings. The minimum atomic E-state index is -0.966. The highest BCUT2D eigenvalue weighted by Gasteiger charge is 2.18. The van der Waals surface area contributed by atoms with Crippen molar-refractivity contribution < 1.29 is 19.1 Å². The fourth-order valence-electron chi connectivity index (χ4n) is 2.92. The number of aryl methyl sites for hydroxylation is 2. The van der Waals surface area contributed by atoms with Gasteiger partial charge in [0.15, 0.2) is 0 Å². The van der Waals surface area contributed by atoms with Crippen LogP contribution in [0.25, 0.3) is 0 Å². The minimum Gasteiger partial charge on any atom is -0.481 e. The molecule has 2 N–H and O–H groups in total.